The van der Waals surface area contributed by atoms with Crippen molar-refractivity contribution in [3.8, 4) is 0 Å². The monoisotopic (exact) mass is 356 g/mol. The van der Waals surface area contributed by atoms with Crippen molar-refractivity contribution in [2.45, 2.75) is 89.3 Å². The van der Waals surface area contributed by atoms with Crippen LogP contribution >= 0.6 is 0 Å². The van der Waals surface area contributed by atoms with E-state index in [1.165, 1.54) is 25.7 Å². The van der Waals surface area contributed by atoms with Crippen molar-refractivity contribution in [1.82, 2.24) is 10.2 Å². The van der Waals surface area contributed by atoms with Crippen LogP contribution in [0.5, 0.6) is 0 Å². The maximum atomic E-state index is 13.3. The van der Waals surface area contributed by atoms with Gasteiger partial charge in [-0.25, -0.2) is 0 Å². The highest BCUT2D eigenvalue weighted by molar-refractivity contribution is 5.88. The molecule has 0 bridgehead atoms. The highest BCUT2D eigenvalue weighted by atomic mass is 16.2. The van der Waals surface area contributed by atoms with E-state index < -0.39 is 6.04 Å². The zero-order chi connectivity index (χ0) is 18.4. The Hall–Kier alpha value is -1.84. The molecule has 1 N–H and O–H groups in total. The summed E-state index contributed by atoms with van der Waals surface area (Å²) in [5, 5.41) is 3.26. The van der Waals surface area contributed by atoms with Gasteiger partial charge in [-0.3, -0.25) is 9.59 Å². The molecule has 0 heterocycles. The van der Waals surface area contributed by atoms with Crippen LogP contribution in [0, 0.1) is 0 Å². The third-order valence-corrected chi connectivity index (χ3v) is 5.93. The molecule has 4 heteroatoms. The lowest BCUT2D eigenvalue weighted by Crippen LogP contribution is -2.50. The number of hydrogen-bond donors (Lipinski definition) is 1. The molecule has 2 fully saturated rings. The topological polar surface area (TPSA) is 49.4 Å². The van der Waals surface area contributed by atoms with Crippen molar-refractivity contribution in [2.75, 3.05) is 0 Å². The molecule has 4 nitrogen and oxygen atoms in total. The smallest absolute Gasteiger partial charge is 0.247 e. The predicted molar refractivity (Wildman–Crippen MR) is 104 cm³/mol. The van der Waals surface area contributed by atoms with Crippen molar-refractivity contribution in [1.29, 1.82) is 0 Å². The summed E-state index contributed by atoms with van der Waals surface area (Å²) in [6, 6.07) is 9.72. The van der Waals surface area contributed by atoms with Crippen LogP contribution in [0.3, 0.4) is 0 Å². The van der Waals surface area contributed by atoms with Crippen molar-refractivity contribution in [3.63, 3.8) is 0 Å². The van der Waals surface area contributed by atoms with E-state index in [2.05, 4.69) is 5.32 Å². The summed E-state index contributed by atoms with van der Waals surface area (Å²) in [6.07, 6.45) is 11.2. The zero-order valence-corrected chi connectivity index (χ0v) is 16.0. The van der Waals surface area contributed by atoms with Crippen molar-refractivity contribution < 1.29 is 9.59 Å². The minimum absolute atomic E-state index is 0.00421. The van der Waals surface area contributed by atoms with Gasteiger partial charge in [0.2, 0.25) is 11.8 Å². The van der Waals surface area contributed by atoms with E-state index >= 15 is 0 Å². The van der Waals surface area contributed by atoms with Crippen LogP contribution in [-0.4, -0.2) is 28.8 Å². The third-order valence-electron chi connectivity index (χ3n) is 5.93. The number of nitrogens with one attached hydrogen (secondary N) is 1. The molecule has 1 aromatic rings. The first-order chi connectivity index (χ1) is 12.7. The Bertz CT molecular complexity index is 589. The maximum Gasteiger partial charge on any atom is 0.247 e. The summed E-state index contributed by atoms with van der Waals surface area (Å²) in [5.74, 6) is -0.00609. The molecule has 142 valence electrons. The fourth-order valence-corrected chi connectivity index (χ4v) is 4.61. The number of nitrogens with zero attached hydrogens (tertiary/aromatic N) is 1. The predicted octanol–water partition coefficient (Wildman–Crippen LogP) is 4.36. The molecule has 0 aliphatic heterocycles. The number of hydrogen-bond acceptors (Lipinski definition) is 2. The summed E-state index contributed by atoms with van der Waals surface area (Å²) >= 11 is 0. The summed E-state index contributed by atoms with van der Waals surface area (Å²) in [6.45, 7) is 1.61. The molecular formula is C22H32N2O2. The van der Waals surface area contributed by atoms with Crippen molar-refractivity contribution in [3.05, 3.63) is 35.9 Å². The SMILES string of the molecule is CC(=O)N(C1CCCCC1)C(C(=O)NC1CCCCC1)c1ccccc1. The quantitative estimate of drug-likeness (QED) is 0.852. The second kappa shape index (κ2) is 9.20. The van der Waals surface area contributed by atoms with Crippen LogP contribution in [0.4, 0.5) is 0 Å². The molecule has 1 atom stereocenters. The molecule has 0 spiro atoms. The van der Waals surface area contributed by atoms with Gasteiger partial charge in [-0.1, -0.05) is 68.9 Å². The van der Waals surface area contributed by atoms with Gasteiger partial charge in [0.15, 0.2) is 0 Å². The van der Waals surface area contributed by atoms with Crippen LogP contribution in [-0.2, 0) is 9.59 Å². The summed E-state index contributed by atoms with van der Waals surface area (Å²) in [7, 11) is 0. The van der Waals surface area contributed by atoms with E-state index in [0.29, 0.717) is 0 Å². The lowest BCUT2D eigenvalue weighted by molar-refractivity contribution is -0.143. The van der Waals surface area contributed by atoms with Crippen LogP contribution < -0.4 is 5.32 Å². The summed E-state index contributed by atoms with van der Waals surface area (Å²) < 4.78 is 0. The molecule has 2 amide bonds. The van der Waals surface area contributed by atoms with E-state index in [-0.39, 0.29) is 23.9 Å². The molecule has 3 rings (SSSR count). The molecule has 2 saturated carbocycles. The van der Waals surface area contributed by atoms with Gasteiger partial charge < -0.3 is 10.2 Å². The number of carbonyl (C=O) groups excluding carboxylic acids is 2. The Morgan fingerprint density at radius 3 is 2.08 bits per heavy atom. The average molecular weight is 357 g/mol. The molecule has 1 aromatic carbocycles. The van der Waals surface area contributed by atoms with Crippen molar-refractivity contribution >= 4 is 11.8 Å². The second-order valence-corrected chi connectivity index (χ2v) is 7.87. The molecule has 0 saturated heterocycles. The van der Waals surface area contributed by atoms with Gasteiger partial charge in [0.1, 0.15) is 6.04 Å². The Morgan fingerprint density at radius 2 is 1.50 bits per heavy atom. The molecular weight excluding hydrogens is 324 g/mol. The normalized spacial score (nSPS) is 20.3. The largest absolute Gasteiger partial charge is 0.351 e. The van der Waals surface area contributed by atoms with E-state index in [1.54, 1.807) is 6.92 Å². The van der Waals surface area contributed by atoms with E-state index in [4.69, 9.17) is 0 Å². The number of rotatable bonds is 5. The lowest BCUT2D eigenvalue weighted by atomic mass is 9.91. The van der Waals surface area contributed by atoms with Crippen LogP contribution in [0.2, 0.25) is 0 Å². The van der Waals surface area contributed by atoms with Gasteiger partial charge in [-0.2, -0.15) is 0 Å². The van der Waals surface area contributed by atoms with Gasteiger partial charge in [-0.15, -0.1) is 0 Å². The first kappa shape index (κ1) is 18.9. The number of benzene rings is 1. The van der Waals surface area contributed by atoms with Gasteiger partial charge >= 0.3 is 0 Å². The first-order valence-electron chi connectivity index (χ1n) is 10.3. The van der Waals surface area contributed by atoms with Gasteiger partial charge in [0.25, 0.3) is 0 Å². The van der Waals surface area contributed by atoms with Crippen LogP contribution in [0.15, 0.2) is 30.3 Å². The highest BCUT2D eigenvalue weighted by Crippen LogP contribution is 2.31. The third kappa shape index (κ3) is 4.66. The van der Waals surface area contributed by atoms with Gasteiger partial charge in [0, 0.05) is 19.0 Å². The second-order valence-electron chi connectivity index (χ2n) is 7.87. The Kier molecular flexibility index (Phi) is 6.70. The lowest BCUT2D eigenvalue weighted by Gasteiger charge is -2.39. The highest BCUT2D eigenvalue weighted by Gasteiger charge is 2.36. The average Bonchev–Trinajstić information content (AvgIpc) is 2.67. The molecule has 0 aromatic heterocycles. The number of carbonyl (C=O) groups is 2. The molecule has 2 aliphatic carbocycles. The minimum atomic E-state index is -0.515. The van der Waals surface area contributed by atoms with Crippen LogP contribution in [0.25, 0.3) is 0 Å². The van der Waals surface area contributed by atoms with E-state index in [1.807, 2.05) is 35.2 Å². The zero-order valence-electron chi connectivity index (χ0n) is 16.0. The van der Waals surface area contributed by atoms with Crippen molar-refractivity contribution in [2.24, 2.45) is 0 Å². The Balaban J connectivity index is 1.85. The standard InChI is InChI=1S/C22H32N2O2/c1-17(25)24(20-15-9-4-10-16-20)21(18-11-5-2-6-12-18)22(26)23-19-13-7-3-8-14-19/h2,5-6,11-12,19-21H,3-4,7-10,13-16H2,1H3,(H,23,26). The molecule has 26 heavy (non-hydrogen) atoms. The van der Waals surface area contributed by atoms with Crippen LogP contribution in [0.1, 0.15) is 82.7 Å². The summed E-state index contributed by atoms with van der Waals surface area (Å²) in [5.41, 5.74) is 0.918. The van der Waals surface area contributed by atoms with E-state index in [0.717, 1.165) is 44.1 Å². The minimum Gasteiger partial charge on any atom is -0.351 e. The molecule has 2 aliphatic rings. The Morgan fingerprint density at radius 1 is 0.923 bits per heavy atom. The van der Waals surface area contributed by atoms with E-state index in [9.17, 15) is 9.59 Å². The first-order valence-corrected chi connectivity index (χ1v) is 10.3. The maximum absolute atomic E-state index is 13.3. The molecule has 1 unspecified atom stereocenters. The van der Waals surface area contributed by atoms with Gasteiger partial charge in [-0.05, 0) is 31.2 Å². The Labute approximate surface area is 157 Å². The van der Waals surface area contributed by atoms with Gasteiger partial charge in [0.05, 0.1) is 0 Å². The summed E-state index contributed by atoms with van der Waals surface area (Å²) in [4.78, 5) is 27.8. The fraction of sp³-hybridized carbons (Fsp3) is 0.636. The fourth-order valence-electron chi connectivity index (χ4n) is 4.61. The molecule has 0 radical (unpaired) electrons. The number of amides is 2.